The molecule has 96 valence electrons. The van der Waals surface area contributed by atoms with E-state index >= 15 is 0 Å². The van der Waals surface area contributed by atoms with Crippen LogP contribution in [0.15, 0.2) is 36.7 Å². The fourth-order valence-electron chi connectivity index (χ4n) is 1.60. The molecule has 2 rings (SSSR count). The Hall–Kier alpha value is -1.88. The number of halogens is 1. The van der Waals surface area contributed by atoms with Gasteiger partial charge in [0.2, 0.25) is 0 Å². The lowest BCUT2D eigenvalue weighted by Crippen LogP contribution is -2.09. The van der Waals surface area contributed by atoms with Crippen molar-refractivity contribution in [1.29, 1.82) is 0 Å². The lowest BCUT2D eigenvalue weighted by atomic mass is 10.3. The van der Waals surface area contributed by atoms with Gasteiger partial charge in [-0.25, -0.2) is 4.39 Å². The van der Waals surface area contributed by atoms with E-state index in [1.165, 1.54) is 6.07 Å². The van der Waals surface area contributed by atoms with Crippen LogP contribution in [0.5, 0.6) is 5.75 Å². The molecule has 18 heavy (non-hydrogen) atoms. The van der Waals surface area contributed by atoms with E-state index in [1.807, 2.05) is 6.20 Å². The van der Waals surface area contributed by atoms with E-state index in [0.29, 0.717) is 19.6 Å². The number of nitrogens with zero attached hydrogens (tertiary/aromatic N) is 2. The third-order valence-electron chi connectivity index (χ3n) is 2.50. The molecule has 2 aromatic rings. The van der Waals surface area contributed by atoms with E-state index in [-0.39, 0.29) is 18.2 Å². The molecule has 0 spiro atoms. The number of rotatable bonds is 6. The van der Waals surface area contributed by atoms with Crippen molar-refractivity contribution in [3.63, 3.8) is 0 Å². The number of benzene rings is 1. The number of hydrogen-bond acceptors (Lipinski definition) is 3. The largest absolute Gasteiger partial charge is 0.489 e. The summed E-state index contributed by atoms with van der Waals surface area (Å²) in [6.07, 6.45) is 4.15. The maximum atomic E-state index is 13.2. The summed E-state index contributed by atoms with van der Waals surface area (Å²) in [5.41, 5.74) is 0.975. The van der Waals surface area contributed by atoms with Crippen LogP contribution in [0.3, 0.4) is 0 Å². The molecule has 0 unspecified atom stereocenters. The van der Waals surface area contributed by atoms with E-state index in [9.17, 15) is 4.39 Å². The summed E-state index contributed by atoms with van der Waals surface area (Å²) in [4.78, 5) is 0. The number of para-hydroxylation sites is 1. The summed E-state index contributed by atoms with van der Waals surface area (Å²) in [5, 5.41) is 12.9. The van der Waals surface area contributed by atoms with Crippen molar-refractivity contribution < 1.29 is 14.2 Å². The van der Waals surface area contributed by atoms with Crippen LogP contribution in [0, 0.1) is 5.82 Å². The van der Waals surface area contributed by atoms with Crippen LogP contribution < -0.4 is 4.74 Å². The van der Waals surface area contributed by atoms with Gasteiger partial charge in [-0.15, -0.1) is 0 Å². The summed E-state index contributed by atoms with van der Waals surface area (Å²) >= 11 is 0. The zero-order valence-corrected chi connectivity index (χ0v) is 9.92. The van der Waals surface area contributed by atoms with Gasteiger partial charge in [-0.1, -0.05) is 12.1 Å². The number of aromatic nitrogens is 2. The second-order valence-electron chi connectivity index (χ2n) is 3.86. The van der Waals surface area contributed by atoms with Crippen molar-refractivity contribution in [2.75, 3.05) is 13.2 Å². The van der Waals surface area contributed by atoms with Gasteiger partial charge < -0.3 is 9.84 Å². The van der Waals surface area contributed by atoms with Gasteiger partial charge in [-0.05, 0) is 24.1 Å². The van der Waals surface area contributed by atoms with Gasteiger partial charge in [-0.3, -0.25) is 4.68 Å². The SMILES string of the molecule is OCCc1cnn(CCOc2ccccc2F)c1. The van der Waals surface area contributed by atoms with Gasteiger partial charge in [0.1, 0.15) is 6.61 Å². The molecule has 4 nitrogen and oxygen atoms in total. The summed E-state index contributed by atoms with van der Waals surface area (Å²) in [6.45, 7) is 0.998. The fourth-order valence-corrected chi connectivity index (χ4v) is 1.60. The minimum Gasteiger partial charge on any atom is -0.489 e. The molecular formula is C13H15FN2O2. The molecule has 0 aliphatic rings. The lowest BCUT2D eigenvalue weighted by molar-refractivity contribution is 0.278. The summed E-state index contributed by atoms with van der Waals surface area (Å²) in [7, 11) is 0. The van der Waals surface area contributed by atoms with Crippen molar-refractivity contribution in [3.05, 3.63) is 48.0 Å². The highest BCUT2D eigenvalue weighted by Gasteiger charge is 2.02. The maximum Gasteiger partial charge on any atom is 0.165 e. The molecule has 0 radical (unpaired) electrons. The first-order valence-electron chi connectivity index (χ1n) is 5.79. The van der Waals surface area contributed by atoms with Crippen LogP contribution in [0.2, 0.25) is 0 Å². The van der Waals surface area contributed by atoms with E-state index in [1.54, 1.807) is 29.1 Å². The summed E-state index contributed by atoms with van der Waals surface area (Å²) in [5.74, 6) is -0.112. The molecule has 0 saturated carbocycles. The van der Waals surface area contributed by atoms with E-state index < -0.39 is 0 Å². The quantitative estimate of drug-likeness (QED) is 0.847. The average Bonchev–Trinajstić information content (AvgIpc) is 2.80. The highest BCUT2D eigenvalue weighted by Crippen LogP contribution is 2.15. The molecule has 0 bridgehead atoms. The molecule has 1 aromatic heterocycles. The number of hydrogen-bond donors (Lipinski definition) is 1. The van der Waals surface area contributed by atoms with Crippen LogP contribution >= 0.6 is 0 Å². The third-order valence-corrected chi connectivity index (χ3v) is 2.50. The summed E-state index contributed by atoms with van der Waals surface area (Å²) in [6, 6.07) is 6.31. The molecule has 0 saturated heterocycles. The molecule has 0 amide bonds. The predicted octanol–water partition coefficient (Wildman–Crippen LogP) is 1.64. The van der Waals surface area contributed by atoms with Gasteiger partial charge in [0.15, 0.2) is 11.6 Å². The predicted molar refractivity (Wildman–Crippen MR) is 64.9 cm³/mol. The highest BCUT2D eigenvalue weighted by molar-refractivity contribution is 5.23. The first-order chi connectivity index (χ1) is 8.79. The van der Waals surface area contributed by atoms with Crippen molar-refractivity contribution in [3.8, 4) is 5.75 Å². The Morgan fingerprint density at radius 2 is 2.17 bits per heavy atom. The van der Waals surface area contributed by atoms with Gasteiger partial charge in [0.05, 0.1) is 12.7 Å². The van der Waals surface area contributed by atoms with Crippen LogP contribution in [0.4, 0.5) is 4.39 Å². The van der Waals surface area contributed by atoms with E-state index in [0.717, 1.165) is 5.56 Å². The molecule has 1 heterocycles. The molecule has 1 N–H and O–H groups in total. The number of aliphatic hydroxyl groups excluding tert-OH is 1. The second-order valence-corrected chi connectivity index (χ2v) is 3.86. The Balaban J connectivity index is 1.83. The molecular weight excluding hydrogens is 235 g/mol. The number of ether oxygens (including phenoxy) is 1. The smallest absolute Gasteiger partial charge is 0.165 e. The zero-order valence-electron chi connectivity index (χ0n) is 9.92. The van der Waals surface area contributed by atoms with Crippen LogP contribution in [-0.2, 0) is 13.0 Å². The second kappa shape index (κ2) is 6.16. The van der Waals surface area contributed by atoms with Gasteiger partial charge in [0.25, 0.3) is 0 Å². The third kappa shape index (κ3) is 3.30. The maximum absolute atomic E-state index is 13.2. The normalized spacial score (nSPS) is 10.6. The molecule has 0 aliphatic carbocycles. The Bertz CT molecular complexity index is 499. The van der Waals surface area contributed by atoms with Crippen LogP contribution in [0.25, 0.3) is 0 Å². The van der Waals surface area contributed by atoms with Gasteiger partial charge >= 0.3 is 0 Å². The topological polar surface area (TPSA) is 47.3 Å². The van der Waals surface area contributed by atoms with Crippen molar-refractivity contribution in [2.45, 2.75) is 13.0 Å². The zero-order chi connectivity index (χ0) is 12.8. The molecule has 5 heteroatoms. The molecule has 1 aromatic carbocycles. The van der Waals surface area contributed by atoms with Crippen molar-refractivity contribution >= 4 is 0 Å². The Kier molecular flexibility index (Phi) is 4.30. The first-order valence-corrected chi connectivity index (χ1v) is 5.79. The monoisotopic (exact) mass is 250 g/mol. The average molecular weight is 250 g/mol. The minimum atomic E-state index is -0.362. The Morgan fingerprint density at radius 1 is 1.33 bits per heavy atom. The first kappa shape index (κ1) is 12.6. The van der Waals surface area contributed by atoms with E-state index in [4.69, 9.17) is 9.84 Å². The van der Waals surface area contributed by atoms with Crippen molar-refractivity contribution in [2.24, 2.45) is 0 Å². The Morgan fingerprint density at radius 3 is 2.94 bits per heavy atom. The molecule has 0 fully saturated rings. The minimum absolute atomic E-state index is 0.109. The van der Waals surface area contributed by atoms with Gasteiger partial charge in [0, 0.05) is 12.8 Å². The van der Waals surface area contributed by atoms with Gasteiger partial charge in [-0.2, -0.15) is 5.10 Å². The standard InChI is InChI=1S/C13H15FN2O2/c14-12-3-1-2-4-13(12)18-8-6-16-10-11(5-7-17)9-15-16/h1-4,9-10,17H,5-8H2. The number of aliphatic hydroxyl groups is 1. The van der Waals surface area contributed by atoms with E-state index in [2.05, 4.69) is 5.10 Å². The molecule has 0 aliphatic heterocycles. The fraction of sp³-hybridized carbons (Fsp3) is 0.308. The lowest BCUT2D eigenvalue weighted by Gasteiger charge is -2.06. The highest BCUT2D eigenvalue weighted by atomic mass is 19.1. The molecule has 0 atom stereocenters. The summed E-state index contributed by atoms with van der Waals surface area (Å²) < 4.78 is 20.3. The van der Waals surface area contributed by atoms with Crippen LogP contribution in [-0.4, -0.2) is 28.1 Å². The van der Waals surface area contributed by atoms with Crippen molar-refractivity contribution in [1.82, 2.24) is 9.78 Å². The van der Waals surface area contributed by atoms with Crippen LogP contribution in [0.1, 0.15) is 5.56 Å². The Labute approximate surface area is 105 Å².